The molecular weight excluding hydrogens is 212 g/mol. The van der Waals surface area contributed by atoms with E-state index in [4.69, 9.17) is 4.74 Å². The average molecular weight is 240 g/mol. The highest BCUT2D eigenvalue weighted by atomic mass is 16.5. The molecule has 1 aliphatic carbocycles. The van der Waals surface area contributed by atoms with E-state index in [0.717, 1.165) is 31.8 Å². The molecule has 3 nitrogen and oxygen atoms in total. The molecule has 0 aromatic rings. The molecule has 0 radical (unpaired) electrons. The first-order valence-electron chi connectivity index (χ1n) is 7.31. The average Bonchev–Trinajstić information content (AvgIpc) is 2.33. The fourth-order valence-corrected chi connectivity index (χ4v) is 3.38. The lowest BCUT2D eigenvalue weighted by molar-refractivity contribution is -0.0725. The Morgan fingerprint density at radius 3 is 2.88 bits per heavy atom. The van der Waals surface area contributed by atoms with E-state index in [0.29, 0.717) is 12.1 Å². The third-order valence-electron chi connectivity index (χ3n) is 4.26. The van der Waals surface area contributed by atoms with Crippen LogP contribution in [0.3, 0.4) is 0 Å². The number of hydrogen-bond acceptors (Lipinski definition) is 3. The number of rotatable bonds is 3. The predicted octanol–water partition coefficient (Wildman–Crippen LogP) is 2.02. The Kier molecular flexibility index (Phi) is 4.83. The summed E-state index contributed by atoms with van der Waals surface area (Å²) in [6.07, 6.45) is 5.84. The van der Waals surface area contributed by atoms with Crippen molar-refractivity contribution in [1.29, 1.82) is 0 Å². The van der Waals surface area contributed by atoms with Gasteiger partial charge in [-0.2, -0.15) is 0 Å². The molecule has 17 heavy (non-hydrogen) atoms. The maximum atomic E-state index is 5.73. The van der Waals surface area contributed by atoms with Crippen molar-refractivity contribution in [2.75, 3.05) is 19.7 Å². The van der Waals surface area contributed by atoms with Gasteiger partial charge in [0.05, 0.1) is 12.7 Å². The molecule has 1 aliphatic heterocycles. The second-order valence-corrected chi connectivity index (χ2v) is 5.76. The molecule has 0 bridgehead atoms. The summed E-state index contributed by atoms with van der Waals surface area (Å²) in [5, 5.41) is 3.62. The number of hydrogen-bond donors (Lipinski definition) is 1. The zero-order valence-corrected chi connectivity index (χ0v) is 11.6. The Morgan fingerprint density at radius 1 is 1.29 bits per heavy atom. The van der Waals surface area contributed by atoms with Gasteiger partial charge < -0.3 is 10.1 Å². The van der Waals surface area contributed by atoms with Crippen molar-refractivity contribution in [2.24, 2.45) is 0 Å². The minimum atomic E-state index is 0.408. The first-order chi connectivity index (χ1) is 8.20. The maximum absolute atomic E-state index is 5.73. The lowest BCUT2D eigenvalue weighted by atomic mass is 9.88. The van der Waals surface area contributed by atoms with Gasteiger partial charge in [0.2, 0.25) is 0 Å². The van der Waals surface area contributed by atoms with Crippen molar-refractivity contribution in [3.05, 3.63) is 0 Å². The first kappa shape index (κ1) is 13.3. The van der Waals surface area contributed by atoms with Crippen LogP contribution in [0.2, 0.25) is 0 Å². The van der Waals surface area contributed by atoms with Crippen LogP contribution in [0.15, 0.2) is 0 Å². The molecule has 4 unspecified atom stereocenters. The second-order valence-electron chi connectivity index (χ2n) is 5.76. The van der Waals surface area contributed by atoms with Crippen LogP contribution >= 0.6 is 0 Å². The highest BCUT2D eigenvalue weighted by molar-refractivity contribution is 4.88. The van der Waals surface area contributed by atoms with Gasteiger partial charge in [-0.1, -0.05) is 13.3 Å². The Bertz CT molecular complexity index is 232. The van der Waals surface area contributed by atoms with Crippen LogP contribution in [0, 0.1) is 0 Å². The first-order valence-corrected chi connectivity index (χ1v) is 7.31. The van der Waals surface area contributed by atoms with Crippen molar-refractivity contribution in [1.82, 2.24) is 10.2 Å². The summed E-state index contributed by atoms with van der Waals surface area (Å²) in [6, 6.07) is 2.11. The number of morpholine rings is 1. The Hall–Kier alpha value is -0.120. The molecule has 0 aromatic heterocycles. The van der Waals surface area contributed by atoms with E-state index in [1.807, 2.05) is 0 Å². The summed E-state index contributed by atoms with van der Waals surface area (Å²) in [5.74, 6) is 0. The van der Waals surface area contributed by atoms with Gasteiger partial charge in [-0.15, -0.1) is 0 Å². The maximum Gasteiger partial charge on any atom is 0.0674 e. The molecule has 1 N–H and O–H groups in total. The van der Waals surface area contributed by atoms with Crippen molar-refractivity contribution in [3.63, 3.8) is 0 Å². The monoisotopic (exact) mass is 240 g/mol. The van der Waals surface area contributed by atoms with Gasteiger partial charge in [-0.25, -0.2) is 0 Å². The zero-order valence-electron chi connectivity index (χ0n) is 11.6. The Morgan fingerprint density at radius 2 is 2.12 bits per heavy atom. The Balaban J connectivity index is 1.91. The molecule has 0 amide bonds. The second kappa shape index (κ2) is 6.17. The van der Waals surface area contributed by atoms with Gasteiger partial charge >= 0.3 is 0 Å². The molecule has 2 fully saturated rings. The normalized spacial score (nSPS) is 40.4. The van der Waals surface area contributed by atoms with E-state index in [9.17, 15) is 0 Å². The molecule has 2 aliphatic rings. The lowest BCUT2D eigenvalue weighted by Gasteiger charge is -2.45. The van der Waals surface area contributed by atoms with Gasteiger partial charge in [-0.05, 0) is 39.7 Å². The van der Waals surface area contributed by atoms with Crippen LogP contribution < -0.4 is 5.32 Å². The summed E-state index contributed by atoms with van der Waals surface area (Å²) in [7, 11) is 0. The van der Waals surface area contributed by atoms with Crippen molar-refractivity contribution >= 4 is 0 Å². The fourth-order valence-electron chi connectivity index (χ4n) is 3.38. The number of ether oxygens (including phenoxy) is 1. The van der Waals surface area contributed by atoms with Crippen LogP contribution in [-0.2, 0) is 4.74 Å². The van der Waals surface area contributed by atoms with Crippen molar-refractivity contribution < 1.29 is 4.74 Å². The van der Waals surface area contributed by atoms with Gasteiger partial charge in [0.1, 0.15) is 0 Å². The SMILES string of the molecule is CCNC1CCCC(N2CC(C)OCC2C)C1. The molecule has 2 rings (SSSR count). The van der Waals surface area contributed by atoms with Gasteiger partial charge in [0.15, 0.2) is 0 Å². The predicted molar refractivity (Wildman–Crippen MR) is 71.3 cm³/mol. The van der Waals surface area contributed by atoms with Crippen LogP contribution in [0.5, 0.6) is 0 Å². The molecule has 1 heterocycles. The molecule has 1 saturated heterocycles. The summed E-state index contributed by atoms with van der Waals surface area (Å²) in [6.45, 7) is 9.84. The smallest absolute Gasteiger partial charge is 0.0674 e. The number of nitrogens with one attached hydrogen (secondary N) is 1. The minimum Gasteiger partial charge on any atom is -0.376 e. The summed E-state index contributed by atoms with van der Waals surface area (Å²) >= 11 is 0. The topological polar surface area (TPSA) is 24.5 Å². The van der Waals surface area contributed by atoms with Crippen molar-refractivity contribution in [2.45, 2.75) is 70.7 Å². The van der Waals surface area contributed by atoms with E-state index in [1.54, 1.807) is 0 Å². The van der Waals surface area contributed by atoms with Crippen LogP contribution in [-0.4, -0.2) is 48.8 Å². The fraction of sp³-hybridized carbons (Fsp3) is 1.00. The van der Waals surface area contributed by atoms with Crippen molar-refractivity contribution in [3.8, 4) is 0 Å². The van der Waals surface area contributed by atoms with E-state index in [2.05, 4.69) is 31.0 Å². The molecule has 4 atom stereocenters. The summed E-state index contributed by atoms with van der Waals surface area (Å²) < 4.78 is 5.73. The van der Waals surface area contributed by atoms with Gasteiger partial charge in [-0.3, -0.25) is 4.90 Å². The highest BCUT2D eigenvalue weighted by Gasteiger charge is 2.32. The van der Waals surface area contributed by atoms with Crippen LogP contribution in [0.25, 0.3) is 0 Å². The molecular formula is C14H28N2O. The summed E-state index contributed by atoms with van der Waals surface area (Å²) in [5.41, 5.74) is 0. The minimum absolute atomic E-state index is 0.408. The van der Waals surface area contributed by atoms with E-state index in [-0.39, 0.29) is 0 Å². The molecule has 0 aromatic carbocycles. The summed E-state index contributed by atoms with van der Waals surface area (Å²) in [4.78, 5) is 2.69. The quantitative estimate of drug-likeness (QED) is 0.817. The third kappa shape index (κ3) is 3.43. The molecule has 3 heteroatoms. The van der Waals surface area contributed by atoms with E-state index in [1.165, 1.54) is 25.7 Å². The molecule has 1 saturated carbocycles. The van der Waals surface area contributed by atoms with E-state index < -0.39 is 0 Å². The highest BCUT2D eigenvalue weighted by Crippen LogP contribution is 2.26. The standard InChI is InChI=1S/C14H28N2O/c1-4-15-13-6-5-7-14(8-13)16-9-12(3)17-10-11(16)2/h11-15H,4-10H2,1-3H3. The number of nitrogens with zero attached hydrogens (tertiary/aromatic N) is 1. The molecule has 0 spiro atoms. The van der Waals surface area contributed by atoms with Gasteiger partial charge in [0.25, 0.3) is 0 Å². The largest absolute Gasteiger partial charge is 0.376 e. The Labute approximate surface area is 106 Å². The zero-order chi connectivity index (χ0) is 12.3. The lowest BCUT2D eigenvalue weighted by Crippen LogP contribution is -2.54. The van der Waals surface area contributed by atoms with Gasteiger partial charge in [0, 0.05) is 24.7 Å². The van der Waals surface area contributed by atoms with Crippen LogP contribution in [0.1, 0.15) is 46.5 Å². The molecule has 100 valence electrons. The van der Waals surface area contributed by atoms with Crippen LogP contribution in [0.4, 0.5) is 0 Å². The van der Waals surface area contributed by atoms with E-state index >= 15 is 0 Å². The third-order valence-corrected chi connectivity index (χ3v) is 4.26.